The monoisotopic (exact) mass is 224 g/mol. The van der Waals surface area contributed by atoms with Gasteiger partial charge in [-0.15, -0.1) is 0 Å². The topological polar surface area (TPSA) is 38.4 Å². The van der Waals surface area contributed by atoms with Crippen LogP contribution >= 0.6 is 15.9 Å². The van der Waals surface area contributed by atoms with Crippen LogP contribution < -0.4 is 5.73 Å². The van der Waals surface area contributed by atoms with E-state index in [-0.39, 0.29) is 0 Å². The number of nitrogens with two attached hydrogens (primary N) is 1. The molecule has 2 N–H and O–H groups in total. The molecule has 0 aromatic heterocycles. The highest BCUT2D eigenvalue weighted by Gasteiger charge is 2.16. The number of benzene rings is 1. The lowest BCUT2D eigenvalue weighted by atomic mass is 10.1. The number of aliphatic imine (C=N–C) groups is 1. The molecule has 62 valence electrons. The molecule has 1 aromatic carbocycles. The minimum Gasteiger partial charge on any atom is -0.387 e. The van der Waals surface area contributed by atoms with Gasteiger partial charge in [0.1, 0.15) is 5.84 Å². The van der Waals surface area contributed by atoms with Crippen LogP contribution in [0, 0.1) is 6.92 Å². The molecule has 1 aliphatic rings. The Morgan fingerprint density at radius 2 is 2.25 bits per heavy atom. The highest BCUT2D eigenvalue weighted by atomic mass is 79.9. The molecule has 1 aliphatic heterocycles. The lowest BCUT2D eigenvalue weighted by Crippen LogP contribution is -2.09. The average molecular weight is 225 g/mol. The van der Waals surface area contributed by atoms with E-state index in [1.165, 1.54) is 11.1 Å². The third-order valence-corrected chi connectivity index (χ3v) is 2.78. The van der Waals surface area contributed by atoms with Gasteiger partial charge in [-0.3, -0.25) is 0 Å². The van der Waals surface area contributed by atoms with Crippen molar-refractivity contribution in [1.29, 1.82) is 0 Å². The fourth-order valence-electron chi connectivity index (χ4n) is 1.42. The van der Waals surface area contributed by atoms with Gasteiger partial charge in [0.2, 0.25) is 0 Å². The van der Waals surface area contributed by atoms with Crippen LogP contribution in [-0.2, 0) is 6.42 Å². The van der Waals surface area contributed by atoms with Crippen LogP contribution in [0.5, 0.6) is 0 Å². The van der Waals surface area contributed by atoms with E-state index in [2.05, 4.69) is 20.9 Å². The van der Waals surface area contributed by atoms with Crippen molar-refractivity contribution in [3.05, 3.63) is 27.7 Å². The molecule has 0 fully saturated rings. The second-order valence-electron chi connectivity index (χ2n) is 2.97. The summed E-state index contributed by atoms with van der Waals surface area (Å²) >= 11 is 3.48. The van der Waals surface area contributed by atoms with Gasteiger partial charge in [0.25, 0.3) is 0 Å². The summed E-state index contributed by atoms with van der Waals surface area (Å²) in [6, 6.07) is 4.09. The van der Waals surface area contributed by atoms with Crippen LogP contribution in [0.1, 0.15) is 11.1 Å². The molecule has 12 heavy (non-hydrogen) atoms. The number of halogens is 1. The maximum atomic E-state index is 5.65. The van der Waals surface area contributed by atoms with Crippen molar-refractivity contribution in [2.45, 2.75) is 13.3 Å². The van der Waals surface area contributed by atoms with Crippen molar-refractivity contribution in [3.8, 4) is 0 Å². The molecule has 0 aliphatic carbocycles. The smallest absolute Gasteiger partial charge is 0.104 e. The molecule has 0 spiro atoms. The third kappa shape index (κ3) is 1.05. The second kappa shape index (κ2) is 2.59. The molecule has 0 atom stereocenters. The fraction of sp³-hybridized carbons (Fsp3) is 0.222. The van der Waals surface area contributed by atoms with E-state index in [4.69, 9.17) is 5.73 Å². The SMILES string of the molecule is Cc1ccc(Br)c2c1N=C(N)C2. The molecule has 1 aromatic rings. The van der Waals surface area contributed by atoms with E-state index in [0.29, 0.717) is 5.84 Å². The van der Waals surface area contributed by atoms with Crippen molar-refractivity contribution < 1.29 is 0 Å². The van der Waals surface area contributed by atoms with Gasteiger partial charge in [-0.05, 0) is 24.1 Å². The highest BCUT2D eigenvalue weighted by Crippen LogP contribution is 2.34. The normalized spacial score (nSPS) is 14.3. The zero-order valence-electron chi connectivity index (χ0n) is 6.76. The summed E-state index contributed by atoms with van der Waals surface area (Å²) in [6.45, 7) is 2.05. The predicted octanol–water partition coefficient (Wildman–Crippen LogP) is 2.30. The van der Waals surface area contributed by atoms with Gasteiger partial charge in [-0.25, -0.2) is 4.99 Å². The van der Waals surface area contributed by atoms with Gasteiger partial charge < -0.3 is 5.73 Å². The Morgan fingerprint density at radius 1 is 1.50 bits per heavy atom. The standard InChI is InChI=1S/C9H9BrN2/c1-5-2-3-7(10)6-4-8(11)12-9(5)6/h2-3H,4H2,1H3,(H2,11,12). The summed E-state index contributed by atoms with van der Waals surface area (Å²) < 4.78 is 1.10. The first-order valence-corrected chi connectivity index (χ1v) is 4.59. The van der Waals surface area contributed by atoms with E-state index in [1.807, 2.05) is 19.1 Å². The van der Waals surface area contributed by atoms with Crippen LogP contribution in [0.3, 0.4) is 0 Å². The molecule has 0 saturated carbocycles. The summed E-state index contributed by atoms with van der Waals surface area (Å²) in [5, 5.41) is 0. The van der Waals surface area contributed by atoms with Crippen LogP contribution in [0.2, 0.25) is 0 Å². The molecule has 2 nitrogen and oxygen atoms in total. The molecule has 0 saturated heterocycles. The summed E-state index contributed by atoms with van der Waals surface area (Å²) in [6.07, 6.45) is 0.775. The molecule has 2 rings (SSSR count). The Hall–Kier alpha value is -0.830. The molecule has 1 heterocycles. The first-order chi connectivity index (χ1) is 5.68. The summed E-state index contributed by atoms with van der Waals surface area (Å²) in [7, 11) is 0. The highest BCUT2D eigenvalue weighted by molar-refractivity contribution is 9.10. The predicted molar refractivity (Wildman–Crippen MR) is 53.9 cm³/mol. The van der Waals surface area contributed by atoms with Crippen molar-refractivity contribution in [1.82, 2.24) is 0 Å². The number of fused-ring (bicyclic) bond motifs is 1. The number of nitrogens with zero attached hydrogens (tertiary/aromatic N) is 1. The Morgan fingerprint density at radius 3 is 2.92 bits per heavy atom. The lowest BCUT2D eigenvalue weighted by Gasteiger charge is -2.02. The fourth-order valence-corrected chi connectivity index (χ4v) is 1.88. The zero-order chi connectivity index (χ0) is 8.72. The van der Waals surface area contributed by atoms with E-state index in [9.17, 15) is 0 Å². The molecular weight excluding hydrogens is 216 g/mol. The van der Waals surface area contributed by atoms with E-state index < -0.39 is 0 Å². The van der Waals surface area contributed by atoms with Crippen molar-refractivity contribution in [2.75, 3.05) is 0 Å². The van der Waals surface area contributed by atoms with Crippen LogP contribution in [0.15, 0.2) is 21.6 Å². The quantitative estimate of drug-likeness (QED) is 0.722. The van der Waals surface area contributed by atoms with E-state index in [0.717, 1.165) is 16.6 Å². The number of hydrogen-bond donors (Lipinski definition) is 1. The van der Waals surface area contributed by atoms with Crippen LogP contribution in [-0.4, -0.2) is 5.84 Å². The third-order valence-electron chi connectivity index (χ3n) is 2.04. The number of rotatable bonds is 0. The van der Waals surface area contributed by atoms with Gasteiger partial charge in [0.05, 0.1) is 5.69 Å². The van der Waals surface area contributed by atoms with Crippen LogP contribution in [0.4, 0.5) is 5.69 Å². The zero-order valence-corrected chi connectivity index (χ0v) is 8.35. The largest absolute Gasteiger partial charge is 0.387 e. The molecule has 0 amide bonds. The van der Waals surface area contributed by atoms with Gasteiger partial charge >= 0.3 is 0 Å². The van der Waals surface area contributed by atoms with Gasteiger partial charge in [-0.2, -0.15) is 0 Å². The Bertz CT molecular complexity index is 369. The van der Waals surface area contributed by atoms with E-state index >= 15 is 0 Å². The molecule has 0 bridgehead atoms. The van der Waals surface area contributed by atoms with Crippen LogP contribution in [0.25, 0.3) is 0 Å². The Kier molecular flexibility index (Phi) is 1.68. The maximum Gasteiger partial charge on any atom is 0.104 e. The molecular formula is C9H9BrN2. The first-order valence-electron chi connectivity index (χ1n) is 3.79. The summed E-state index contributed by atoms with van der Waals surface area (Å²) in [5.41, 5.74) is 9.10. The molecule has 3 heteroatoms. The van der Waals surface area contributed by atoms with E-state index in [1.54, 1.807) is 0 Å². The number of aryl methyl sites for hydroxylation is 1. The van der Waals surface area contributed by atoms with Gasteiger partial charge in [0.15, 0.2) is 0 Å². The van der Waals surface area contributed by atoms with Gasteiger partial charge in [-0.1, -0.05) is 22.0 Å². The Labute approximate surface area is 79.6 Å². The second-order valence-corrected chi connectivity index (χ2v) is 3.83. The van der Waals surface area contributed by atoms with Crippen molar-refractivity contribution in [3.63, 3.8) is 0 Å². The summed E-state index contributed by atoms with van der Waals surface area (Å²) in [5.74, 6) is 0.708. The maximum absolute atomic E-state index is 5.65. The summed E-state index contributed by atoms with van der Waals surface area (Å²) in [4.78, 5) is 4.28. The number of amidine groups is 1. The van der Waals surface area contributed by atoms with Crippen molar-refractivity contribution >= 4 is 27.5 Å². The van der Waals surface area contributed by atoms with Crippen molar-refractivity contribution in [2.24, 2.45) is 10.7 Å². The molecule has 0 radical (unpaired) electrons. The minimum atomic E-state index is 0.708. The average Bonchev–Trinajstić information content (AvgIpc) is 2.41. The molecule has 0 unspecified atom stereocenters. The number of hydrogen-bond acceptors (Lipinski definition) is 2. The minimum absolute atomic E-state index is 0.708. The first kappa shape index (κ1) is 7.80. The Balaban J connectivity index is 2.66. The lowest BCUT2D eigenvalue weighted by molar-refractivity contribution is 1.31. The van der Waals surface area contributed by atoms with Gasteiger partial charge in [0, 0.05) is 10.9 Å².